The summed E-state index contributed by atoms with van der Waals surface area (Å²) in [7, 11) is 0. The lowest BCUT2D eigenvalue weighted by Gasteiger charge is -2.11. The molecule has 102 valence electrons. The van der Waals surface area contributed by atoms with Crippen LogP contribution in [0, 0.1) is 18.3 Å². The van der Waals surface area contributed by atoms with Gasteiger partial charge in [-0.15, -0.1) is 11.3 Å². The summed E-state index contributed by atoms with van der Waals surface area (Å²) in [4.78, 5) is 13.3. The molecule has 0 bridgehead atoms. The number of fused-ring (bicyclic) bond motifs is 1. The largest absolute Gasteiger partial charge is 0.312 e. The van der Waals surface area contributed by atoms with Crippen molar-refractivity contribution >= 4 is 22.2 Å². The molecule has 0 aliphatic carbocycles. The first-order chi connectivity index (χ1) is 9.70. The zero-order valence-corrected chi connectivity index (χ0v) is 11.7. The topological polar surface area (TPSA) is 93.6 Å². The molecule has 1 aliphatic heterocycles. The molecule has 3 N–H and O–H groups in total. The van der Waals surface area contributed by atoms with E-state index in [4.69, 9.17) is 0 Å². The van der Waals surface area contributed by atoms with Gasteiger partial charge in [0.15, 0.2) is 0 Å². The van der Waals surface area contributed by atoms with Crippen LogP contribution in [0.25, 0.3) is 0 Å². The van der Waals surface area contributed by atoms with Crippen molar-refractivity contribution in [2.75, 3.05) is 11.9 Å². The molecule has 2 aromatic rings. The van der Waals surface area contributed by atoms with E-state index in [2.05, 4.69) is 26.9 Å². The fraction of sp³-hybridized carbons (Fsp3) is 0.308. The molecule has 0 spiro atoms. The summed E-state index contributed by atoms with van der Waals surface area (Å²) in [5.41, 5.74) is 2.87. The Hall–Kier alpha value is -2.17. The summed E-state index contributed by atoms with van der Waals surface area (Å²) in [5.74, 6) is -0.237. The van der Waals surface area contributed by atoms with E-state index in [0.717, 1.165) is 30.0 Å². The molecule has 0 saturated carbocycles. The highest BCUT2D eigenvalue weighted by Gasteiger charge is 2.22. The van der Waals surface area contributed by atoms with E-state index in [1.54, 1.807) is 6.92 Å². The van der Waals surface area contributed by atoms with E-state index in [1.165, 1.54) is 17.5 Å². The van der Waals surface area contributed by atoms with Gasteiger partial charge in [0.05, 0.1) is 17.3 Å². The molecule has 3 heterocycles. The van der Waals surface area contributed by atoms with Crippen molar-refractivity contribution in [3.05, 3.63) is 33.5 Å². The van der Waals surface area contributed by atoms with Gasteiger partial charge in [0.25, 0.3) is 5.91 Å². The molecule has 6 nitrogen and oxygen atoms in total. The molecule has 0 radical (unpaired) electrons. The number of nitriles is 1. The molecule has 3 rings (SSSR count). The number of carbonyl (C=O) groups is 1. The molecule has 1 aliphatic rings. The molecule has 20 heavy (non-hydrogen) atoms. The number of amides is 1. The van der Waals surface area contributed by atoms with Gasteiger partial charge in [-0.1, -0.05) is 0 Å². The molecule has 0 saturated heterocycles. The summed E-state index contributed by atoms with van der Waals surface area (Å²) in [6.45, 7) is 3.42. The predicted octanol–water partition coefficient (Wildman–Crippen LogP) is 1.55. The second kappa shape index (κ2) is 5.07. The van der Waals surface area contributed by atoms with Gasteiger partial charge in [-0.25, -0.2) is 0 Å². The van der Waals surface area contributed by atoms with Crippen LogP contribution in [-0.4, -0.2) is 22.6 Å². The Morgan fingerprint density at radius 2 is 2.45 bits per heavy atom. The highest BCUT2D eigenvalue weighted by molar-refractivity contribution is 7.16. The Balaban J connectivity index is 1.92. The number of aromatic amines is 1. The van der Waals surface area contributed by atoms with Crippen LogP contribution in [0.2, 0.25) is 0 Å². The second-order valence-electron chi connectivity index (χ2n) is 4.61. The number of aromatic nitrogens is 2. The molecular formula is C13H13N5OS. The van der Waals surface area contributed by atoms with Crippen molar-refractivity contribution in [3.63, 3.8) is 0 Å². The quantitative estimate of drug-likeness (QED) is 0.781. The molecule has 0 aromatic carbocycles. The Kier molecular flexibility index (Phi) is 3.26. The summed E-state index contributed by atoms with van der Waals surface area (Å²) in [6.07, 6.45) is 2.32. The smallest absolute Gasteiger partial charge is 0.259 e. The number of H-pyrrole nitrogens is 1. The average molecular weight is 287 g/mol. The molecule has 0 fully saturated rings. The third-order valence-corrected chi connectivity index (χ3v) is 4.49. The highest BCUT2D eigenvalue weighted by Crippen LogP contribution is 2.35. The van der Waals surface area contributed by atoms with E-state index >= 15 is 0 Å². The van der Waals surface area contributed by atoms with Gasteiger partial charge in [0.1, 0.15) is 11.1 Å². The predicted molar refractivity (Wildman–Crippen MR) is 75.7 cm³/mol. The van der Waals surface area contributed by atoms with E-state index in [0.29, 0.717) is 21.8 Å². The molecule has 2 aromatic heterocycles. The van der Waals surface area contributed by atoms with Gasteiger partial charge in [-0.2, -0.15) is 10.4 Å². The summed E-state index contributed by atoms with van der Waals surface area (Å²) in [6, 6.07) is 2.21. The lowest BCUT2D eigenvalue weighted by atomic mass is 10.1. The summed E-state index contributed by atoms with van der Waals surface area (Å²) in [5, 5.41) is 22.6. The molecule has 1 amide bonds. The zero-order chi connectivity index (χ0) is 14.1. The van der Waals surface area contributed by atoms with Crippen molar-refractivity contribution in [1.29, 1.82) is 5.26 Å². The van der Waals surface area contributed by atoms with Crippen LogP contribution < -0.4 is 10.6 Å². The minimum Gasteiger partial charge on any atom is -0.312 e. The second-order valence-corrected chi connectivity index (χ2v) is 5.71. The minimum absolute atomic E-state index is 0.237. The third kappa shape index (κ3) is 2.09. The van der Waals surface area contributed by atoms with E-state index in [9.17, 15) is 10.1 Å². The number of thiophene rings is 1. The Morgan fingerprint density at radius 3 is 3.15 bits per heavy atom. The van der Waals surface area contributed by atoms with Crippen LogP contribution in [0.4, 0.5) is 5.00 Å². The van der Waals surface area contributed by atoms with Gasteiger partial charge < -0.3 is 10.6 Å². The third-order valence-electron chi connectivity index (χ3n) is 3.34. The fourth-order valence-electron chi connectivity index (χ4n) is 2.29. The van der Waals surface area contributed by atoms with Crippen LogP contribution in [0.1, 0.15) is 32.1 Å². The number of anilines is 1. The Morgan fingerprint density at radius 1 is 1.60 bits per heavy atom. The number of aryl methyl sites for hydroxylation is 1. The molecule has 0 atom stereocenters. The number of hydrogen-bond acceptors (Lipinski definition) is 5. The van der Waals surface area contributed by atoms with Crippen LogP contribution >= 0.6 is 11.3 Å². The first-order valence-corrected chi connectivity index (χ1v) is 7.09. The number of carbonyl (C=O) groups excluding carboxylic acids is 1. The van der Waals surface area contributed by atoms with Gasteiger partial charge in [0, 0.05) is 17.1 Å². The standard InChI is InChI=1S/C13H13N5OS/c1-7-10(5-16-18-7)12(19)17-13-9(4-14)8-2-3-15-6-11(8)20-13/h5,15H,2-3,6H2,1H3,(H,16,18)(H,17,19). The van der Waals surface area contributed by atoms with E-state index in [1.807, 2.05) is 0 Å². The van der Waals surface area contributed by atoms with Gasteiger partial charge in [-0.05, 0) is 25.5 Å². The van der Waals surface area contributed by atoms with Crippen molar-refractivity contribution in [1.82, 2.24) is 15.5 Å². The number of hydrogen-bond donors (Lipinski definition) is 3. The maximum absolute atomic E-state index is 12.2. The minimum atomic E-state index is -0.237. The van der Waals surface area contributed by atoms with E-state index < -0.39 is 0 Å². The van der Waals surface area contributed by atoms with E-state index in [-0.39, 0.29) is 5.91 Å². The van der Waals surface area contributed by atoms with Gasteiger partial charge in [-0.3, -0.25) is 9.89 Å². The molecule has 7 heteroatoms. The molecular weight excluding hydrogens is 274 g/mol. The Bertz CT molecular complexity index is 709. The number of rotatable bonds is 2. The molecule has 0 unspecified atom stereocenters. The first-order valence-electron chi connectivity index (χ1n) is 6.27. The van der Waals surface area contributed by atoms with Gasteiger partial charge in [0.2, 0.25) is 0 Å². The highest BCUT2D eigenvalue weighted by atomic mass is 32.1. The zero-order valence-electron chi connectivity index (χ0n) is 10.9. The summed E-state index contributed by atoms with van der Waals surface area (Å²) < 4.78 is 0. The van der Waals surface area contributed by atoms with Crippen LogP contribution in [0.15, 0.2) is 6.20 Å². The monoisotopic (exact) mass is 287 g/mol. The number of nitrogens with one attached hydrogen (secondary N) is 3. The Labute approximate surface area is 119 Å². The van der Waals surface area contributed by atoms with Crippen molar-refractivity contribution in [3.8, 4) is 6.07 Å². The number of nitrogens with zero attached hydrogens (tertiary/aromatic N) is 2. The maximum atomic E-state index is 12.2. The average Bonchev–Trinajstić information content (AvgIpc) is 3.01. The fourth-order valence-corrected chi connectivity index (χ4v) is 3.45. The SMILES string of the molecule is Cc1[nH]ncc1C(=O)Nc1sc2c(c1C#N)CCNC2. The lowest BCUT2D eigenvalue weighted by Crippen LogP contribution is -2.22. The van der Waals surface area contributed by atoms with Crippen LogP contribution in [-0.2, 0) is 13.0 Å². The first kappa shape index (κ1) is 12.8. The maximum Gasteiger partial charge on any atom is 0.259 e. The van der Waals surface area contributed by atoms with Crippen molar-refractivity contribution < 1.29 is 4.79 Å². The lowest BCUT2D eigenvalue weighted by molar-refractivity contribution is 0.102. The van der Waals surface area contributed by atoms with Crippen LogP contribution in [0.3, 0.4) is 0 Å². The van der Waals surface area contributed by atoms with Gasteiger partial charge >= 0.3 is 0 Å². The summed E-state index contributed by atoms with van der Waals surface area (Å²) >= 11 is 1.47. The van der Waals surface area contributed by atoms with Crippen molar-refractivity contribution in [2.45, 2.75) is 19.9 Å². The normalized spacial score (nSPS) is 13.6. The van der Waals surface area contributed by atoms with Crippen molar-refractivity contribution in [2.24, 2.45) is 0 Å². The van der Waals surface area contributed by atoms with Crippen LogP contribution in [0.5, 0.6) is 0 Å².